The lowest BCUT2D eigenvalue weighted by Crippen LogP contribution is -2.26. The number of alkyl carbamates (subject to hydrolysis) is 1. The SMILES string of the molecule is COC(=O)NCc1ccccc1OC(C)(C)C. The first-order valence-electron chi connectivity index (χ1n) is 5.51. The van der Waals surface area contributed by atoms with Crippen molar-refractivity contribution in [3.05, 3.63) is 29.8 Å². The van der Waals surface area contributed by atoms with Crippen LogP contribution in [0.4, 0.5) is 4.79 Å². The zero-order chi connectivity index (χ0) is 12.9. The minimum absolute atomic E-state index is 0.263. The van der Waals surface area contributed by atoms with Crippen molar-refractivity contribution >= 4 is 6.09 Å². The molecular weight excluding hydrogens is 218 g/mol. The molecule has 0 atom stereocenters. The van der Waals surface area contributed by atoms with Gasteiger partial charge in [-0.15, -0.1) is 0 Å². The van der Waals surface area contributed by atoms with E-state index in [4.69, 9.17) is 4.74 Å². The van der Waals surface area contributed by atoms with E-state index in [1.165, 1.54) is 7.11 Å². The molecule has 0 bridgehead atoms. The van der Waals surface area contributed by atoms with Gasteiger partial charge < -0.3 is 14.8 Å². The zero-order valence-corrected chi connectivity index (χ0v) is 10.7. The lowest BCUT2D eigenvalue weighted by Gasteiger charge is -2.23. The molecule has 0 saturated carbocycles. The van der Waals surface area contributed by atoms with E-state index in [0.717, 1.165) is 11.3 Å². The first kappa shape index (κ1) is 13.4. The largest absolute Gasteiger partial charge is 0.488 e. The molecule has 0 aliphatic heterocycles. The van der Waals surface area contributed by atoms with Crippen molar-refractivity contribution in [2.75, 3.05) is 7.11 Å². The summed E-state index contributed by atoms with van der Waals surface area (Å²) in [5, 5.41) is 2.63. The molecule has 0 aromatic heterocycles. The highest BCUT2D eigenvalue weighted by atomic mass is 16.5. The van der Waals surface area contributed by atoms with E-state index in [9.17, 15) is 4.79 Å². The number of ether oxygens (including phenoxy) is 2. The molecule has 1 amide bonds. The van der Waals surface area contributed by atoms with Gasteiger partial charge in [0.25, 0.3) is 0 Å². The summed E-state index contributed by atoms with van der Waals surface area (Å²) in [5.74, 6) is 0.774. The fourth-order valence-corrected chi connectivity index (χ4v) is 1.32. The number of para-hydroxylation sites is 1. The number of carbonyl (C=O) groups excluding carboxylic acids is 1. The van der Waals surface area contributed by atoms with Crippen LogP contribution in [0.1, 0.15) is 26.3 Å². The molecule has 94 valence electrons. The first-order valence-corrected chi connectivity index (χ1v) is 5.51. The Kier molecular flexibility index (Phi) is 4.37. The molecule has 0 unspecified atom stereocenters. The molecule has 0 fully saturated rings. The molecule has 17 heavy (non-hydrogen) atoms. The van der Waals surface area contributed by atoms with Crippen molar-refractivity contribution in [1.82, 2.24) is 5.32 Å². The van der Waals surface area contributed by atoms with Gasteiger partial charge in [0.05, 0.1) is 7.11 Å². The maximum absolute atomic E-state index is 11.0. The molecule has 0 saturated heterocycles. The van der Waals surface area contributed by atoms with E-state index in [-0.39, 0.29) is 5.60 Å². The monoisotopic (exact) mass is 237 g/mol. The quantitative estimate of drug-likeness (QED) is 0.879. The van der Waals surface area contributed by atoms with Crippen molar-refractivity contribution in [1.29, 1.82) is 0 Å². The van der Waals surface area contributed by atoms with Crippen molar-refractivity contribution in [2.45, 2.75) is 32.9 Å². The van der Waals surface area contributed by atoms with Gasteiger partial charge in [-0.3, -0.25) is 0 Å². The van der Waals surface area contributed by atoms with Gasteiger partial charge in [0.2, 0.25) is 0 Å². The third-order valence-electron chi connectivity index (χ3n) is 2.00. The molecule has 1 aromatic carbocycles. The predicted octanol–water partition coefficient (Wildman–Crippen LogP) is 2.72. The number of nitrogens with one attached hydrogen (secondary N) is 1. The van der Waals surface area contributed by atoms with E-state index in [2.05, 4.69) is 10.1 Å². The average Bonchev–Trinajstić information content (AvgIpc) is 2.25. The summed E-state index contributed by atoms with van der Waals surface area (Å²) in [4.78, 5) is 11.0. The van der Waals surface area contributed by atoms with Crippen LogP contribution >= 0.6 is 0 Å². The number of amides is 1. The van der Waals surface area contributed by atoms with E-state index >= 15 is 0 Å². The molecule has 0 spiro atoms. The fraction of sp³-hybridized carbons (Fsp3) is 0.462. The maximum atomic E-state index is 11.0. The van der Waals surface area contributed by atoms with Gasteiger partial charge in [-0.25, -0.2) is 4.79 Å². The Morgan fingerprint density at radius 3 is 2.53 bits per heavy atom. The summed E-state index contributed by atoms with van der Waals surface area (Å²) in [6.45, 7) is 6.34. The van der Waals surface area contributed by atoms with Crippen LogP contribution in [-0.4, -0.2) is 18.8 Å². The highest BCUT2D eigenvalue weighted by Crippen LogP contribution is 2.22. The molecule has 1 N–H and O–H groups in total. The first-order chi connectivity index (χ1) is 7.92. The van der Waals surface area contributed by atoms with Crippen molar-refractivity contribution < 1.29 is 14.3 Å². The second-order valence-electron chi connectivity index (χ2n) is 4.67. The number of carbonyl (C=O) groups is 1. The summed E-state index contributed by atoms with van der Waals surface area (Å²) < 4.78 is 10.3. The molecule has 4 nitrogen and oxygen atoms in total. The van der Waals surface area contributed by atoms with Gasteiger partial charge in [0.15, 0.2) is 0 Å². The van der Waals surface area contributed by atoms with Gasteiger partial charge in [0, 0.05) is 12.1 Å². The Morgan fingerprint density at radius 1 is 1.29 bits per heavy atom. The molecule has 0 aliphatic rings. The van der Waals surface area contributed by atoms with Crippen LogP contribution in [0, 0.1) is 0 Å². The summed E-state index contributed by atoms with van der Waals surface area (Å²) in [6, 6.07) is 7.61. The second-order valence-corrected chi connectivity index (χ2v) is 4.67. The van der Waals surface area contributed by atoms with E-state index in [1.54, 1.807) is 0 Å². The highest BCUT2D eigenvalue weighted by Gasteiger charge is 2.14. The van der Waals surface area contributed by atoms with Crippen molar-refractivity contribution in [3.8, 4) is 5.75 Å². The van der Waals surface area contributed by atoms with Crippen LogP contribution in [0.5, 0.6) is 5.75 Å². The summed E-state index contributed by atoms with van der Waals surface area (Å²) in [5.41, 5.74) is 0.661. The number of benzene rings is 1. The lowest BCUT2D eigenvalue weighted by molar-refractivity contribution is 0.129. The zero-order valence-electron chi connectivity index (χ0n) is 10.7. The number of hydrogen-bond acceptors (Lipinski definition) is 3. The van der Waals surface area contributed by atoms with Crippen LogP contribution in [0.15, 0.2) is 24.3 Å². The molecule has 0 heterocycles. The molecular formula is C13H19NO3. The number of hydrogen-bond donors (Lipinski definition) is 1. The van der Waals surface area contributed by atoms with E-state index < -0.39 is 6.09 Å². The molecule has 4 heteroatoms. The summed E-state index contributed by atoms with van der Waals surface area (Å²) in [6.07, 6.45) is -0.449. The van der Waals surface area contributed by atoms with Gasteiger partial charge in [-0.2, -0.15) is 0 Å². The average molecular weight is 237 g/mol. The second kappa shape index (κ2) is 5.57. The normalized spacial score (nSPS) is 10.8. The smallest absolute Gasteiger partial charge is 0.407 e. The van der Waals surface area contributed by atoms with Gasteiger partial charge in [-0.1, -0.05) is 18.2 Å². The van der Waals surface area contributed by atoms with Crippen LogP contribution < -0.4 is 10.1 Å². The Labute approximate surface area is 102 Å². The van der Waals surface area contributed by atoms with Gasteiger partial charge in [-0.05, 0) is 26.8 Å². The fourth-order valence-electron chi connectivity index (χ4n) is 1.32. The van der Waals surface area contributed by atoms with Crippen LogP contribution in [0.2, 0.25) is 0 Å². The lowest BCUT2D eigenvalue weighted by atomic mass is 10.1. The van der Waals surface area contributed by atoms with Crippen LogP contribution in [0.3, 0.4) is 0 Å². The summed E-state index contributed by atoms with van der Waals surface area (Å²) >= 11 is 0. The van der Waals surface area contributed by atoms with Crippen LogP contribution in [-0.2, 0) is 11.3 Å². The van der Waals surface area contributed by atoms with Gasteiger partial charge >= 0.3 is 6.09 Å². The molecule has 1 rings (SSSR count). The predicted molar refractivity (Wildman–Crippen MR) is 66.1 cm³/mol. The third kappa shape index (κ3) is 4.76. The van der Waals surface area contributed by atoms with E-state index in [1.807, 2.05) is 45.0 Å². The topological polar surface area (TPSA) is 47.6 Å². The number of methoxy groups -OCH3 is 1. The molecule has 0 aliphatic carbocycles. The Balaban J connectivity index is 2.74. The van der Waals surface area contributed by atoms with Crippen molar-refractivity contribution in [2.24, 2.45) is 0 Å². The standard InChI is InChI=1S/C13H19NO3/c1-13(2,3)17-11-8-6-5-7-10(11)9-14-12(15)16-4/h5-8H,9H2,1-4H3,(H,14,15). The Hall–Kier alpha value is -1.71. The molecule has 1 aromatic rings. The van der Waals surface area contributed by atoms with Gasteiger partial charge in [0.1, 0.15) is 11.4 Å². The Morgan fingerprint density at radius 2 is 1.94 bits per heavy atom. The third-order valence-corrected chi connectivity index (χ3v) is 2.00. The minimum Gasteiger partial charge on any atom is -0.488 e. The Bertz CT molecular complexity index is 382. The maximum Gasteiger partial charge on any atom is 0.407 e. The van der Waals surface area contributed by atoms with E-state index in [0.29, 0.717) is 6.54 Å². The minimum atomic E-state index is -0.449. The highest BCUT2D eigenvalue weighted by molar-refractivity contribution is 5.67. The van der Waals surface area contributed by atoms with Crippen LogP contribution in [0.25, 0.3) is 0 Å². The summed E-state index contributed by atoms with van der Waals surface area (Å²) in [7, 11) is 1.34. The number of rotatable bonds is 3. The van der Waals surface area contributed by atoms with Crippen molar-refractivity contribution in [3.63, 3.8) is 0 Å². The molecule has 0 radical (unpaired) electrons.